The average molecular weight is 430 g/mol. The highest BCUT2D eigenvalue weighted by Gasteiger charge is 2.30. The molecule has 1 heterocycles. The van der Waals surface area contributed by atoms with Gasteiger partial charge in [0, 0.05) is 16.2 Å². The molecular weight excluding hydrogens is 415 g/mol. The first kappa shape index (κ1) is 19.8. The summed E-state index contributed by atoms with van der Waals surface area (Å²) in [5.74, 6) is 1.22. The van der Waals surface area contributed by atoms with Crippen molar-refractivity contribution in [2.75, 3.05) is 19.1 Å². The Balaban J connectivity index is 2.11. The normalized spacial score (nSPS) is 11.4. The second-order valence-electron chi connectivity index (χ2n) is 4.92. The van der Waals surface area contributed by atoms with E-state index in [1.54, 1.807) is 18.2 Å². The molecule has 0 bridgehead atoms. The number of pyridine rings is 1. The van der Waals surface area contributed by atoms with Gasteiger partial charge in [-0.25, -0.2) is 4.98 Å². The molecule has 0 fully saturated rings. The lowest BCUT2D eigenvalue weighted by Gasteiger charge is -2.11. The van der Waals surface area contributed by atoms with Crippen LogP contribution in [0, 0.1) is 0 Å². The van der Waals surface area contributed by atoms with Gasteiger partial charge in [0.1, 0.15) is 12.4 Å². The van der Waals surface area contributed by atoms with Crippen LogP contribution in [0.15, 0.2) is 52.7 Å². The van der Waals surface area contributed by atoms with Crippen LogP contribution in [-0.2, 0) is 6.18 Å². The monoisotopic (exact) mass is 429 g/mol. The summed E-state index contributed by atoms with van der Waals surface area (Å²) >= 11 is 3.40. The zero-order chi connectivity index (χ0) is 19.2. The minimum Gasteiger partial charge on any atom is -0.493 e. The van der Waals surface area contributed by atoms with Crippen LogP contribution in [0.1, 0.15) is 11.1 Å². The van der Waals surface area contributed by atoms with Crippen molar-refractivity contribution in [3.05, 3.63) is 58.7 Å². The van der Waals surface area contributed by atoms with E-state index in [4.69, 9.17) is 9.47 Å². The maximum Gasteiger partial charge on any atom is 0.417 e. The summed E-state index contributed by atoms with van der Waals surface area (Å²) in [7, 11) is 1.51. The average Bonchev–Trinajstić information content (AvgIpc) is 2.61. The fraction of sp³-hybridized carbons (Fsp3) is 0.176. The summed E-state index contributed by atoms with van der Waals surface area (Å²) in [6.07, 6.45) is -0.596. The standard InChI is InChI=1S/C17H15BrF3N3O2/c1-3-6-26-15-8-13(18)11(7-14(15)25-2)9-23-24-16-5-4-12(10-22-16)17(19,20)21/h3-5,7-10H,1,6H2,2H3,(H,22,24)/b23-9-. The lowest BCUT2D eigenvalue weighted by molar-refractivity contribution is -0.137. The number of ether oxygens (including phenoxy) is 2. The smallest absolute Gasteiger partial charge is 0.417 e. The van der Waals surface area contributed by atoms with E-state index in [9.17, 15) is 13.2 Å². The molecule has 1 aromatic heterocycles. The summed E-state index contributed by atoms with van der Waals surface area (Å²) in [4.78, 5) is 3.67. The molecule has 0 saturated heterocycles. The molecule has 2 aromatic rings. The number of halogens is 4. The molecule has 2 rings (SSSR count). The van der Waals surface area contributed by atoms with Crippen molar-refractivity contribution in [3.8, 4) is 11.5 Å². The third-order valence-corrected chi connectivity index (χ3v) is 3.80. The van der Waals surface area contributed by atoms with Crippen molar-refractivity contribution in [1.82, 2.24) is 4.98 Å². The summed E-state index contributed by atoms with van der Waals surface area (Å²) in [6.45, 7) is 3.91. The highest BCUT2D eigenvalue weighted by Crippen LogP contribution is 2.33. The molecule has 0 spiro atoms. The van der Waals surface area contributed by atoms with E-state index in [1.165, 1.54) is 19.4 Å². The molecular formula is C17H15BrF3N3O2. The number of anilines is 1. The first-order chi connectivity index (χ1) is 12.3. The number of nitrogens with zero attached hydrogens (tertiary/aromatic N) is 2. The van der Waals surface area contributed by atoms with Crippen LogP contribution in [0.5, 0.6) is 11.5 Å². The Morgan fingerprint density at radius 1 is 1.31 bits per heavy atom. The Kier molecular flexibility index (Phi) is 6.62. The number of alkyl halides is 3. The number of hydrogen-bond acceptors (Lipinski definition) is 5. The highest BCUT2D eigenvalue weighted by atomic mass is 79.9. The molecule has 1 N–H and O–H groups in total. The molecule has 0 aliphatic carbocycles. The van der Waals surface area contributed by atoms with Gasteiger partial charge in [-0.1, -0.05) is 12.7 Å². The largest absolute Gasteiger partial charge is 0.493 e. The van der Waals surface area contributed by atoms with E-state index in [0.29, 0.717) is 28.1 Å². The van der Waals surface area contributed by atoms with Gasteiger partial charge < -0.3 is 9.47 Å². The zero-order valence-corrected chi connectivity index (χ0v) is 15.3. The molecule has 26 heavy (non-hydrogen) atoms. The molecule has 0 aliphatic heterocycles. The number of benzene rings is 1. The summed E-state index contributed by atoms with van der Waals surface area (Å²) in [5, 5.41) is 3.97. The van der Waals surface area contributed by atoms with Gasteiger partial charge in [-0.15, -0.1) is 0 Å². The molecule has 1 aromatic carbocycles. The Morgan fingerprint density at radius 2 is 2.08 bits per heavy atom. The minimum atomic E-state index is -4.42. The Labute approximate surface area is 156 Å². The van der Waals surface area contributed by atoms with Crippen LogP contribution >= 0.6 is 15.9 Å². The number of methoxy groups -OCH3 is 1. The molecule has 0 saturated carbocycles. The van der Waals surface area contributed by atoms with Crippen molar-refractivity contribution in [2.24, 2.45) is 5.10 Å². The van der Waals surface area contributed by atoms with E-state index in [-0.39, 0.29) is 5.82 Å². The maximum absolute atomic E-state index is 12.5. The van der Waals surface area contributed by atoms with Gasteiger partial charge in [-0.3, -0.25) is 5.43 Å². The van der Waals surface area contributed by atoms with Gasteiger partial charge in [-0.05, 0) is 40.2 Å². The predicted molar refractivity (Wildman–Crippen MR) is 96.8 cm³/mol. The van der Waals surface area contributed by atoms with E-state index >= 15 is 0 Å². The molecule has 138 valence electrons. The molecule has 9 heteroatoms. The van der Waals surface area contributed by atoms with E-state index in [2.05, 4.69) is 38.0 Å². The van der Waals surface area contributed by atoms with E-state index in [1.807, 2.05) is 0 Å². The molecule has 0 radical (unpaired) electrons. The molecule has 0 unspecified atom stereocenters. The maximum atomic E-state index is 12.5. The fourth-order valence-corrected chi connectivity index (χ4v) is 2.29. The van der Waals surface area contributed by atoms with Gasteiger partial charge in [0.25, 0.3) is 0 Å². The molecule has 0 atom stereocenters. The Bertz CT molecular complexity index is 793. The van der Waals surface area contributed by atoms with Crippen LogP contribution in [0.2, 0.25) is 0 Å². The lowest BCUT2D eigenvalue weighted by atomic mass is 10.2. The van der Waals surface area contributed by atoms with Crippen molar-refractivity contribution in [3.63, 3.8) is 0 Å². The Hall–Kier alpha value is -2.55. The molecule has 5 nitrogen and oxygen atoms in total. The van der Waals surface area contributed by atoms with Crippen LogP contribution in [0.3, 0.4) is 0 Å². The number of aromatic nitrogens is 1. The quantitative estimate of drug-likeness (QED) is 0.387. The van der Waals surface area contributed by atoms with Crippen molar-refractivity contribution < 1.29 is 22.6 Å². The fourth-order valence-electron chi connectivity index (χ4n) is 1.87. The highest BCUT2D eigenvalue weighted by molar-refractivity contribution is 9.10. The first-order valence-electron chi connectivity index (χ1n) is 7.28. The number of rotatable bonds is 7. The predicted octanol–water partition coefficient (Wildman–Crippen LogP) is 4.88. The third kappa shape index (κ3) is 5.22. The number of hydrazone groups is 1. The molecule has 0 aliphatic rings. The van der Waals surface area contributed by atoms with Crippen LogP contribution in [-0.4, -0.2) is 24.9 Å². The van der Waals surface area contributed by atoms with Gasteiger partial charge in [0.2, 0.25) is 0 Å². The number of nitrogens with one attached hydrogen (secondary N) is 1. The van der Waals surface area contributed by atoms with Crippen molar-refractivity contribution >= 4 is 28.0 Å². The summed E-state index contributed by atoms with van der Waals surface area (Å²) in [5.41, 5.74) is 2.42. The summed E-state index contributed by atoms with van der Waals surface area (Å²) < 4.78 is 48.9. The second-order valence-corrected chi connectivity index (χ2v) is 5.78. The van der Waals surface area contributed by atoms with Gasteiger partial charge >= 0.3 is 6.18 Å². The van der Waals surface area contributed by atoms with Crippen molar-refractivity contribution in [2.45, 2.75) is 6.18 Å². The summed E-state index contributed by atoms with van der Waals surface area (Å²) in [6, 6.07) is 5.55. The van der Waals surface area contributed by atoms with Crippen molar-refractivity contribution in [1.29, 1.82) is 0 Å². The lowest BCUT2D eigenvalue weighted by Crippen LogP contribution is -2.05. The van der Waals surface area contributed by atoms with Crippen LogP contribution < -0.4 is 14.9 Å². The Morgan fingerprint density at radius 3 is 2.65 bits per heavy atom. The van der Waals surface area contributed by atoms with E-state index < -0.39 is 11.7 Å². The second kappa shape index (κ2) is 8.70. The topological polar surface area (TPSA) is 55.7 Å². The van der Waals surface area contributed by atoms with Crippen LogP contribution in [0.25, 0.3) is 0 Å². The van der Waals surface area contributed by atoms with Gasteiger partial charge in [-0.2, -0.15) is 18.3 Å². The zero-order valence-electron chi connectivity index (χ0n) is 13.7. The first-order valence-corrected chi connectivity index (χ1v) is 8.08. The third-order valence-electron chi connectivity index (χ3n) is 3.11. The SMILES string of the molecule is C=CCOc1cc(Br)c(/C=N\Nc2ccc(C(F)(F)F)cn2)cc1OC. The van der Waals surface area contributed by atoms with E-state index in [0.717, 1.165) is 12.3 Å². The van der Waals surface area contributed by atoms with Gasteiger partial charge in [0.15, 0.2) is 11.5 Å². The van der Waals surface area contributed by atoms with Crippen LogP contribution in [0.4, 0.5) is 19.0 Å². The van der Waals surface area contributed by atoms with Gasteiger partial charge in [0.05, 0.1) is 18.9 Å². The minimum absolute atomic E-state index is 0.184. The number of hydrogen-bond donors (Lipinski definition) is 1. The molecule has 0 amide bonds.